The van der Waals surface area contributed by atoms with Crippen molar-refractivity contribution in [2.75, 3.05) is 6.61 Å². The zero-order chi connectivity index (χ0) is 18.3. The van der Waals surface area contributed by atoms with Gasteiger partial charge in [-0.15, -0.1) is 0 Å². The van der Waals surface area contributed by atoms with Crippen LogP contribution in [0, 0.1) is 17.6 Å². The summed E-state index contributed by atoms with van der Waals surface area (Å²) >= 11 is 0. The van der Waals surface area contributed by atoms with Crippen LogP contribution >= 0.6 is 0 Å². The molecular formula is C20H19F2NO3. The Morgan fingerprint density at radius 2 is 2.00 bits per heavy atom. The fourth-order valence-corrected chi connectivity index (χ4v) is 3.66. The van der Waals surface area contributed by atoms with E-state index >= 15 is 0 Å². The normalized spacial score (nSPS) is 22.1. The summed E-state index contributed by atoms with van der Waals surface area (Å²) in [5.41, 5.74) is 1.68. The molecule has 4 nitrogen and oxygen atoms in total. The van der Waals surface area contributed by atoms with Gasteiger partial charge >= 0.3 is 0 Å². The summed E-state index contributed by atoms with van der Waals surface area (Å²) in [6.07, 6.45) is 1.25. The molecule has 0 saturated heterocycles. The fraction of sp³-hybridized carbons (Fsp3) is 0.350. The van der Waals surface area contributed by atoms with Gasteiger partial charge < -0.3 is 15.2 Å². The third-order valence-corrected chi connectivity index (χ3v) is 5.16. The van der Waals surface area contributed by atoms with Crippen molar-refractivity contribution in [1.82, 2.24) is 5.32 Å². The molecule has 1 fully saturated rings. The maximum absolute atomic E-state index is 14.3. The lowest BCUT2D eigenvalue weighted by atomic mass is 9.75. The van der Waals surface area contributed by atoms with Gasteiger partial charge in [-0.3, -0.25) is 4.79 Å². The summed E-state index contributed by atoms with van der Waals surface area (Å²) in [5.74, 6) is -0.992. The van der Waals surface area contributed by atoms with Crippen LogP contribution in [0.3, 0.4) is 0 Å². The molecule has 0 radical (unpaired) electrons. The number of hydrogen-bond donors (Lipinski definition) is 2. The molecule has 4 rings (SSSR count). The first-order valence-corrected chi connectivity index (χ1v) is 8.71. The Bertz CT molecular complexity index is 849. The lowest BCUT2D eigenvalue weighted by Crippen LogP contribution is -2.41. The molecule has 1 heterocycles. The van der Waals surface area contributed by atoms with Gasteiger partial charge in [-0.1, -0.05) is 6.07 Å². The number of amides is 1. The molecule has 2 aromatic rings. The van der Waals surface area contributed by atoms with Crippen LogP contribution in [0.5, 0.6) is 5.75 Å². The highest BCUT2D eigenvalue weighted by Gasteiger charge is 2.37. The van der Waals surface area contributed by atoms with Gasteiger partial charge in [0.05, 0.1) is 18.8 Å². The smallest absolute Gasteiger partial charge is 0.251 e. The van der Waals surface area contributed by atoms with Crippen molar-refractivity contribution in [3.8, 4) is 5.75 Å². The van der Waals surface area contributed by atoms with Crippen LogP contribution in [0.1, 0.15) is 40.4 Å². The molecule has 2 aliphatic rings. The minimum absolute atomic E-state index is 0.0910. The number of aliphatic hydroxyl groups excluding tert-OH is 1. The Morgan fingerprint density at radius 1 is 1.19 bits per heavy atom. The molecule has 0 spiro atoms. The molecule has 1 saturated carbocycles. The average molecular weight is 359 g/mol. The quantitative estimate of drug-likeness (QED) is 0.882. The Labute approximate surface area is 149 Å². The van der Waals surface area contributed by atoms with E-state index in [4.69, 9.17) is 4.74 Å². The van der Waals surface area contributed by atoms with Gasteiger partial charge in [-0.25, -0.2) is 8.78 Å². The summed E-state index contributed by atoms with van der Waals surface area (Å²) in [7, 11) is 0. The molecule has 1 aliphatic heterocycles. The number of carbonyl (C=O) groups excluding carboxylic acids is 1. The maximum atomic E-state index is 14.3. The van der Waals surface area contributed by atoms with Crippen molar-refractivity contribution in [3.63, 3.8) is 0 Å². The Kier molecular flexibility index (Phi) is 4.36. The molecule has 1 atom stereocenters. The molecule has 0 bridgehead atoms. The standard InChI is InChI=1S/C20H19F2NO3/c21-14-2-3-16(17(22)10-14)19(13-8-15(24)9-13)23-20(25)12-1-4-18-11(7-12)5-6-26-18/h1-4,7,10,13,15,19,24H,5-6,8-9H2,(H,23,25)/t13?,15?,19-/m0/s1. The van der Waals surface area contributed by atoms with E-state index in [0.717, 1.165) is 23.8 Å². The van der Waals surface area contributed by atoms with E-state index in [1.807, 2.05) is 0 Å². The Morgan fingerprint density at radius 3 is 2.73 bits per heavy atom. The van der Waals surface area contributed by atoms with E-state index < -0.39 is 23.8 Å². The van der Waals surface area contributed by atoms with E-state index in [1.54, 1.807) is 18.2 Å². The molecule has 2 aromatic carbocycles. The van der Waals surface area contributed by atoms with Gasteiger partial charge in [-0.2, -0.15) is 0 Å². The number of hydrogen-bond acceptors (Lipinski definition) is 3. The maximum Gasteiger partial charge on any atom is 0.251 e. The second kappa shape index (κ2) is 6.68. The molecule has 1 amide bonds. The van der Waals surface area contributed by atoms with Crippen molar-refractivity contribution >= 4 is 5.91 Å². The van der Waals surface area contributed by atoms with Gasteiger partial charge in [-0.05, 0) is 48.6 Å². The second-order valence-electron chi connectivity index (χ2n) is 6.92. The first-order valence-electron chi connectivity index (χ1n) is 8.71. The van der Waals surface area contributed by atoms with Crippen LogP contribution in [0.2, 0.25) is 0 Å². The van der Waals surface area contributed by atoms with Crippen LogP contribution in [-0.2, 0) is 6.42 Å². The number of nitrogens with one attached hydrogen (secondary N) is 1. The molecule has 136 valence electrons. The highest BCUT2D eigenvalue weighted by molar-refractivity contribution is 5.95. The highest BCUT2D eigenvalue weighted by atomic mass is 19.1. The number of carbonyl (C=O) groups is 1. The van der Waals surface area contributed by atoms with Gasteiger partial charge in [0.1, 0.15) is 17.4 Å². The molecule has 6 heteroatoms. The summed E-state index contributed by atoms with van der Waals surface area (Å²) in [5, 5.41) is 12.5. The predicted octanol–water partition coefficient (Wildman–Crippen LogP) is 3.14. The Balaban J connectivity index is 1.59. The zero-order valence-electron chi connectivity index (χ0n) is 14.0. The summed E-state index contributed by atoms with van der Waals surface area (Å²) in [6.45, 7) is 0.601. The van der Waals surface area contributed by atoms with Crippen LogP contribution < -0.4 is 10.1 Å². The van der Waals surface area contributed by atoms with Crippen LogP contribution in [0.25, 0.3) is 0 Å². The molecular weight excluding hydrogens is 340 g/mol. The van der Waals surface area contributed by atoms with Gasteiger partial charge in [0, 0.05) is 23.6 Å². The zero-order valence-corrected chi connectivity index (χ0v) is 14.0. The number of rotatable bonds is 4. The van der Waals surface area contributed by atoms with E-state index in [9.17, 15) is 18.7 Å². The number of halogens is 2. The third kappa shape index (κ3) is 3.17. The third-order valence-electron chi connectivity index (χ3n) is 5.16. The minimum Gasteiger partial charge on any atom is -0.493 e. The number of benzene rings is 2. The van der Waals surface area contributed by atoms with Gasteiger partial charge in [0.25, 0.3) is 5.91 Å². The number of fused-ring (bicyclic) bond motifs is 1. The average Bonchev–Trinajstić information content (AvgIpc) is 3.05. The van der Waals surface area contributed by atoms with Crippen molar-refractivity contribution in [2.45, 2.75) is 31.4 Å². The van der Waals surface area contributed by atoms with Crippen molar-refractivity contribution in [1.29, 1.82) is 0 Å². The summed E-state index contributed by atoms with van der Waals surface area (Å²) in [4.78, 5) is 12.7. The van der Waals surface area contributed by atoms with E-state index in [1.165, 1.54) is 12.1 Å². The summed E-state index contributed by atoms with van der Waals surface area (Å²) in [6, 6.07) is 7.96. The lowest BCUT2D eigenvalue weighted by Gasteiger charge is -2.38. The minimum atomic E-state index is -0.695. The molecule has 26 heavy (non-hydrogen) atoms. The highest BCUT2D eigenvalue weighted by Crippen LogP contribution is 2.39. The number of ether oxygens (including phenoxy) is 1. The monoisotopic (exact) mass is 359 g/mol. The van der Waals surface area contributed by atoms with Crippen LogP contribution in [0.15, 0.2) is 36.4 Å². The van der Waals surface area contributed by atoms with Gasteiger partial charge in [0.15, 0.2) is 0 Å². The number of aliphatic hydroxyl groups is 1. The molecule has 2 N–H and O–H groups in total. The Hall–Kier alpha value is -2.47. The predicted molar refractivity (Wildman–Crippen MR) is 90.9 cm³/mol. The molecule has 0 unspecified atom stereocenters. The first kappa shape index (κ1) is 17.0. The van der Waals surface area contributed by atoms with Crippen molar-refractivity contribution < 1.29 is 23.4 Å². The topological polar surface area (TPSA) is 58.6 Å². The largest absolute Gasteiger partial charge is 0.493 e. The fourth-order valence-electron chi connectivity index (χ4n) is 3.66. The molecule has 1 aliphatic carbocycles. The second-order valence-corrected chi connectivity index (χ2v) is 6.92. The van der Waals surface area contributed by atoms with E-state index in [2.05, 4.69) is 5.32 Å². The first-order chi connectivity index (χ1) is 12.5. The van der Waals surface area contributed by atoms with Crippen LogP contribution in [0.4, 0.5) is 8.78 Å². The van der Waals surface area contributed by atoms with E-state index in [-0.39, 0.29) is 17.4 Å². The SMILES string of the molecule is O=C(N[C@H](c1ccc(F)cc1F)C1CC(O)C1)c1ccc2c(c1)CCO2. The lowest BCUT2D eigenvalue weighted by molar-refractivity contribution is 0.0229. The molecule has 0 aromatic heterocycles. The van der Waals surface area contributed by atoms with Gasteiger partial charge in [0.2, 0.25) is 0 Å². The van der Waals surface area contributed by atoms with Crippen molar-refractivity contribution in [2.24, 2.45) is 5.92 Å². The van der Waals surface area contributed by atoms with Crippen molar-refractivity contribution in [3.05, 3.63) is 64.7 Å². The van der Waals surface area contributed by atoms with E-state index in [0.29, 0.717) is 25.0 Å². The summed E-state index contributed by atoms with van der Waals surface area (Å²) < 4.78 is 33.0. The van der Waals surface area contributed by atoms with Crippen LogP contribution in [-0.4, -0.2) is 23.7 Å².